The third-order valence-corrected chi connectivity index (χ3v) is 5.25. The molecule has 0 aliphatic carbocycles. The number of hydrogen-bond acceptors (Lipinski definition) is 2. The van der Waals surface area contributed by atoms with E-state index in [-0.39, 0.29) is 10.6 Å². The van der Waals surface area contributed by atoms with Gasteiger partial charge in [-0.25, -0.2) is 4.39 Å². The van der Waals surface area contributed by atoms with Crippen LogP contribution in [0.4, 0.5) is 4.39 Å². The predicted molar refractivity (Wildman–Crippen MR) is 92.1 cm³/mol. The molecule has 0 amide bonds. The summed E-state index contributed by atoms with van der Waals surface area (Å²) in [6.45, 7) is 0. The number of hydrogen-bond donors (Lipinski definition) is 0. The molecule has 2 rings (SSSR count). The largest absolute Gasteiger partial charge is 0.495 e. The molecule has 0 radical (unpaired) electrons. The van der Waals surface area contributed by atoms with Crippen LogP contribution < -0.4 is 9.47 Å². The number of halogens is 4. The van der Waals surface area contributed by atoms with Gasteiger partial charge in [0.05, 0.1) is 19.0 Å². The van der Waals surface area contributed by atoms with Crippen LogP contribution in [0.2, 0.25) is 0 Å². The van der Waals surface area contributed by atoms with Gasteiger partial charge in [0.15, 0.2) is 0 Å². The highest BCUT2D eigenvalue weighted by Crippen LogP contribution is 2.44. The lowest BCUT2D eigenvalue weighted by Crippen LogP contribution is -2.01. The van der Waals surface area contributed by atoms with Crippen molar-refractivity contribution in [1.82, 2.24) is 0 Å². The Morgan fingerprint density at radius 3 is 2.33 bits per heavy atom. The van der Waals surface area contributed by atoms with Gasteiger partial charge in [-0.15, -0.1) is 0 Å². The summed E-state index contributed by atoms with van der Waals surface area (Å²) in [4.78, 5) is -0.341. The molecular formula is C15H12Br3FO2. The summed E-state index contributed by atoms with van der Waals surface area (Å²) in [5.41, 5.74) is 1.34. The topological polar surface area (TPSA) is 18.5 Å². The lowest BCUT2D eigenvalue weighted by Gasteiger charge is -2.18. The molecule has 0 aliphatic rings. The van der Waals surface area contributed by atoms with E-state index in [4.69, 9.17) is 9.47 Å². The van der Waals surface area contributed by atoms with Crippen LogP contribution >= 0.6 is 47.8 Å². The summed E-state index contributed by atoms with van der Waals surface area (Å²) in [6, 6.07) is 8.50. The van der Waals surface area contributed by atoms with Crippen molar-refractivity contribution in [2.45, 2.75) is 4.83 Å². The first-order valence-electron chi connectivity index (χ1n) is 5.99. The van der Waals surface area contributed by atoms with Crippen LogP contribution in [-0.2, 0) is 0 Å². The SMILES string of the molecule is COc1ccc(C(Br)c2cc(Br)ccc2F)c(OC)c1Br. The molecular weight excluding hydrogens is 471 g/mol. The van der Waals surface area contributed by atoms with E-state index in [1.807, 2.05) is 12.1 Å². The van der Waals surface area contributed by atoms with Gasteiger partial charge in [-0.05, 0) is 40.2 Å². The Morgan fingerprint density at radius 1 is 1.00 bits per heavy atom. The van der Waals surface area contributed by atoms with Crippen molar-refractivity contribution in [2.24, 2.45) is 0 Å². The van der Waals surface area contributed by atoms with Crippen LogP contribution in [0.1, 0.15) is 16.0 Å². The van der Waals surface area contributed by atoms with Gasteiger partial charge < -0.3 is 9.47 Å². The molecule has 0 aromatic heterocycles. The lowest BCUT2D eigenvalue weighted by atomic mass is 10.0. The third kappa shape index (κ3) is 3.43. The summed E-state index contributed by atoms with van der Waals surface area (Å²) in [5, 5.41) is 0. The fraction of sp³-hybridized carbons (Fsp3) is 0.200. The van der Waals surface area contributed by atoms with Crippen molar-refractivity contribution in [2.75, 3.05) is 14.2 Å². The Hall–Kier alpha value is -0.590. The van der Waals surface area contributed by atoms with Gasteiger partial charge in [0.25, 0.3) is 0 Å². The van der Waals surface area contributed by atoms with Crippen molar-refractivity contribution in [3.05, 3.63) is 56.2 Å². The van der Waals surface area contributed by atoms with Crippen molar-refractivity contribution in [1.29, 1.82) is 0 Å². The van der Waals surface area contributed by atoms with E-state index in [0.717, 1.165) is 10.0 Å². The average molecular weight is 483 g/mol. The predicted octanol–water partition coefficient (Wildman–Crippen LogP) is 5.85. The molecule has 0 spiro atoms. The van der Waals surface area contributed by atoms with Crippen molar-refractivity contribution >= 4 is 47.8 Å². The minimum absolute atomic E-state index is 0.283. The van der Waals surface area contributed by atoms with Gasteiger partial charge in [0.1, 0.15) is 21.8 Å². The minimum atomic E-state index is -0.341. The molecule has 0 fully saturated rings. The van der Waals surface area contributed by atoms with E-state index in [1.165, 1.54) is 6.07 Å². The highest BCUT2D eigenvalue weighted by atomic mass is 79.9. The Balaban J connectivity index is 2.55. The second-order valence-corrected chi connectivity index (χ2v) is 6.86. The van der Waals surface area contributed by atoms with Crippen LogP contribution in [0, 0.1) is 5.82 Å². The zero-order chi connectivity index (χ0) is 15.6. The van der Waals surface area contributed by atoms with E-state index in [9.17, 15) is 4.39 Å². The Kier molecular flexibility index (Phi) is 5.68. The van der Waals surface area contributed by atoms with Crippen LogP contribution in [0.25, 0.3) is 0 Å². The first-order chi connectivity index (χ1) is 9.99. The molecule has 1 atom stereocenters. The van der Waals surface area contributed by atoms with Crippen LogP contribution in [0.15, 0.2) is 39.3 Å². The normalized spacial score (nSPS) is 12.1. The highest BCUT2D eigenvalue weighted by molar-refractivity contribution is 9.11. The van der Waals surface area contributed by atoms with Gasteiger partial charge in [0.2, 0.25) is 0 Å². The third-order valence-electron chi connectivity index (χ3n) is 3.02. The number of methoxy groups -OCH3 is 2. The van der Waals surface area contributed by atoms with Gasteiger partial charge in [0, 0.05) is 15.6 Å². The van der Waals surface area contributed by atoms with Gasteiger partial charge in [-0.1, -0.05) is 37.9 Å². The molecule has 112 valence electrons. The van der Waals surface area contributed by atoms with E-state index in [1.54, 1.807) is 26.4 Å². The number of alkyl halides is 1. The first kappa shape index (κ1) is 16.8. The average Bonchev–Trinajstić information content (AvgIpc) is 2.48. The molecule has 0 saturated carbocycles. The molecule has 0 N–H and O–H groups in total. The van der Waals surface area contributed by atoms with E-state index >= 15 is 0 Å². The van der Waals surface area contributed by atoms with Crippen LogP contribution in [-0.4, -0.2) is 14.2 Å². The zero-order valence-corrected chi connectivity index (χ0v) is 16.1. The summed E-state index contributed by atoms with van der Waals surface area (Å²) in [6.07, 6.45) is 0. The molecule has 0 bridgehead atoms. The van der Waals surface area contributed by atoms with Crippen LogP contribution in [0.3, 0.4) is 0 Å². The standard InChI is InChI=1S/C15H12Br3FO2/c1-20-12-6-4-9(15(21-2)14(12)18)13(17)10-7-8(16)3-5-11(10)19/h3-7,13H,1-2H3. The molecule has 2 aromatic rings. The Labute approximate surface area is 148 Å². The second-order valence-electron chi connectivity index (χ2n) is 4.23. The fourth-order valence-electron chi connectivity index (χ4n) is 1.99. The minimum Gasteiger partial charge on any atom is -0.495 e. The smallest absolute Gasteiger partial charge is 0.141 e. The zero-order valence-electron chi connectivity index (χ0n) is 11.3. The maximum atomic E-state index is 14.1. The van der Waals surface area contributed by atoms with Crippen LogP contribution in [0.5, 0.6) is 11.5 Å². The van der Waals surface area contributed by atoms with E-state index in [2.05, 4.69) is 47.8 Å². The number of ether oxygens (including phenoxy) is 2. The Bertz CT molecular complexity index is 662. The number of rotatable bonds is 4. The van der Waals surface area contributed by atoms with E-state index in [0.29, 0.717) is 21.5 Å². The van der Waals surface area contributed by atoms with Gasteiger partial charge in [-0.3, -0.25) is 0 Å². The van der Waals surface area contributed by atoms with Crippen molar-refractivity contribution in [3.63, 3.8) is 0 Å². The van der Waals surface area contributed by atoms with Crippen molar-refractivity contribution in [3.8, 4) is 11.5 Å². The molecule has 2 aromatic carbocycles. The molecule has 0 aliphatic heterocycles. The summed E-state index contributed by atoms with van der Waals surface area (Å²) in [5.74, 6) is 0.981. The molecule has 2 nitrogen and oxygen atoms in total. The van der Waals surface area contributed by atoms with Gasteiger partial charge in [-0.2, -0.15) is 0 Å². The number of benzene rings is 2. The maximum absolute atomic E-state index is 14.1. The summed E-state index contributed by atoms with van der Waals surface area (Å²) in [7, 11) is 3.15. The lowest BCUT2D eigenvalue weighted by molar-refractivity contribution is 0.386. The molecule has 6 heteroatoms. The molecule has 1 unspecified atom stereocenters. The van der Waals surface area contributed by atoms with Gasteiger partial charge >= 0.3 is 0 Å². The van der Waals surface area contributed by atoms with E-state index < -0.39 is 0 Å². The van der Waals surface area contributed by atoms with Crippen molar-refractivity contribution < 1.29 is 13.9 Å². The second kappa shape index (κ2) is 7.11. The molecule has 0 saturated heterocycles. The maximum Gasteiger partial charge on any atom is 0.141 e. The monoisotopic (exact) mass is 480 g/mol. The fourth-order valence-corrected chi connectivity index (χ4v) is 3.77. The quantitative estimate of drug-likeness (QED) is 0.509. The first-order valence-corrected chi connectivity index (χ1v) is 8.49. The molecule has 0 heterocycles. The Morgan fingerprint density at radius 2 is 1.71 bits per heavy atom. The summed E-state index contributed by atoms with van der Waals surface area (Å²) >= 11 is 10.4. The molecule has 21 heavy (non-hydrogen) atoms. The highest BCUT2D eigenvalue weighted by Gasteiger charge is 2.22. The summed E-state index contributed by atoms with van der Waals surface area (Å²) < 4.78 is 26.3.